The highest BCUT2D eigenvalue weighted by molar-refractivity contribution is 5.70. The first-order chi connectivity index (χ1) is 8.22. The molecular weight excluding hydrogens is 218 g/mol. The van der Waals surface area contributed by atoms with E-state index in [0.717, 1.165) is 11.1 Å². The maximum Gasteiger partial charge on any atom is 0.269 e. The van der Waals surface area contributed by atoms with Crippen molar-refractivity contribution in [1.82, 2.24) is 0 Å². The number of hydrogen-bond donors (Lipinski definition) is 0. The minimum absolute atomic E-state index is 0.0765. The maximum atomic E-state index is 10.5. The summed E-state index contributed by atoms with van der Waals surface area (Å²) < 4.78 is 5.19. The molecule has 0 unspecified atom stereocenters. The van der Waals surface area contributed by atoms with Crippen LogP contribution >= 0.6 is 0 Å². The number of para-hydroxylation sites is 1. The minimum Gasteiger partial charge on any atom is -0.495 e. The first kappa shape index (κ1) is 11.1. The van der Waals surface area contributed by atoms with Crippen LogP contribution in [0.15, 0.2) is 42.5 Å². The summed E-state index contributed by atoms with van der Waals surface area (Å²) in [5.41, 5.74) is 1.81. The molecule has 0 aliphatic carbocycles. The fourth-order valence-electron chi connectivity index (χ4n) is 1.58. The first-order valence-electron chi connectivity index (χ1n) is 5.02. The lowest BCUT2D eigenvalue weighted by atomic mass is 10.0. The van der Waals surface area contributed by atoms with Gasteiger partial charge in [0.15, 0.2) is 0 Å². The molecule has 0 spiro atoms. The number of benzene rings is 2. The predicted molar refractivity (Wildman–Crippen MR) is 63.9 cm³/mol. The van der Waals surface area contributed by atoms with Gasteiger partial charge in [-0.2, -0.15) is 0 Å². The molecule has 0 atom stereocenters. The van der Waals surface area contributed by atoms with E-state index in [2.05, 4.69) is 6.07 Å². The number of rotatable bonds is 3. The zero-order chi connectivity index (χ0) is 12.3. The van der Waals surface area contributed by atoms with Crippen LogP contribution in [0.5, 0.6) is 5.75 Å². The van der Waals surface area contributed by atoms with Gasteiger partial charge < -0.3 is 4.74 Å². The predicted octanol–water partition coefficient (Wildman–Crippen LogP) is 3.07. The van der Waals surface area contributed by atoms with Crippen LogP contribution in [-0.4, -0.2) is 12.0 Å². The van der Waals surface area contributed by atoms with Crippen LogP contribution < -0.4 is 4.74 Å². The summed E-state index contributed by atoms with van der Waals surface area (Å²) in [7, 11) is 1.57. The second-order valence-electron chi connectivity index (χ2n) is 3.42. The van der Waals surface area contributed by atoms with E-state index in [0.29, 0.717) is 5.75 Å². The van der Waals surface area contributed by atoms with E-state index in [-0.39, 0.29) is 5.69 Å². The number of methoxy groups -OCH3 is 1. The van der Waals surface area contributed by atoms with E-state index in [4.69, 9.17) is 4.74 Å². The molecule has 0 amide bonds. The average Bonchev–Trinajstić information content (AvgIpc) is 2.39. The Kier molecular flexibility index (Phi) is 3.05. The van der Waals surface area contributed by atoms with Gasteiger partial charge in [-0.1, -0.05) is 18.2 Å². The van der Waals surface area contributed by atoms with Gasteiger partial charge in [-0.05, 0) is 17.7 Å². The second kappa shape index (κ2) is 4.65. The van der Waals surface area contributed by atoms with Crippen molar-refractivity contribution in [3.63, 3.8) is 0 Å². The largest absolute Gasteiger partial charge is 0.495 e. The zero-order valence-electron chi connectivity index (χ0n) is 9.21. The van der Waals surface area contributed by atoms with Gasteiger partial charge in [0.05, 0.1) is 12.0 Å². The lowest BCUT2D eigenvalue weighted by Gasteiger charge is -2.07. The Labute approximate surface area is 98.6 Å². The van der Waals surface area contributed by atoms with Gasteiger partial charge in [0.1, 0.15) is 5.75 Å². The molecule has 0 aliphatic heterocycles. The second-order valence-corrected chi connectivity index (χ2v) is 3.42. The van der Waals surface area contributed by atoms with Crippen LogP contribution in [-0.2, 0) is 0 Å². The molecule has 0 saturated heterocycles. The third-order valence-corrected chi connectivity index (χ3v) is 2.41. The standard InChI is InChI=1S/C13H10NO3/c1-17-13-5-3-2-4-12(13)10-6-8-11(9-7-10)14(15)16/h2-4,6-9H,1H3. The lowest BCUT2D eigenvalue weighted by Crippen LogP contribution is -1.89. The molecule has 0 aliphatic rings. The van der Waals surface area contributed by atoms with Gasteiger partial charge in [0.25, 0.3) is 5.69 Å². The molecule has 0 saturated carbocycles. The number of nitrogens with zero attached hydrogens (tertiary/aromatic N) is 1. The van der Waals surface area contributed by atoms with E-state index in [1.165, 1.54) is 12.1 Å². The van der Waals surface area contributed by atoms with Crippen molar-refractivity contribution in [3.8, 4) is 16.9 Å². The van der Waals surface area contributed by atoms with Crippen molar-refractivity contribution in [3.05, 3.63) is 58.6 Å². The molecule has 0 N–H and O–H groups in total. The van der Waals surface area contributed by atoms with Crippen LogP contribution in [0.25, 0.3) is 11.1 Å². The Balaban J connectivity index is 2.43. The molecule has 0 aromatic heterocycles. The summed E-state index contributed by atoms with van der Waals surface area (Å²) in [4.78, 5) is 10.1. The highest BCUT2D eigenvalue weighted by Crippen LogP contribution is 2.30. The molecule has 4 nitrogen and oxygen atoms in total. The molecule has 0 heterocycles. The molecule has 0 bridgehead atoms. The third kappa shape index (κ3) is 2.25. The van der Waals surface area contributed by atoms with Gasteiger partial charge in [0.2, 0.25) is 0 Å². The van der Waals surface area contributed by atoms with Gasteiger partial charge in [-0.3, -0.25) is 10.1 Å². The summed E-state index contributed by atoms with van der Waals surface area (Å²) >= 11 is 0. The van der Waals surface area contributed by atoms with E-state index in [1.54, 1.807) is 25.3 Å². The monoisotopic (exact) mass is 228 g/mol. The number of nitro benzene ring substituents is 1. The van der Waals surface area contributed by atoms with Crippen molar-refractivity contribution < 1.29 is 9.66 Å². The van der Waals surface area contributed by atoms with E-state index >= 15 is 0 Å². The van der Waals surface area contributed by atoms with Gasteiger partial charge >= 0.3 is 0 Å². The first-order valence-corrected chi connectivity index (χ1v) is 5.02. The maximum absolute atomic E-state index is 10.5. The number of nitro groups is 1. The van der Waals surface area contributed by atoms with Crippen molar-refractivity contribution >= 4 is 5.69 Å². The SMILES string of the molecule is COc1[c]cccc1-c1ccc([N+](=O)[O-])cc1. The fraction of sp³-hybridized carbons (Fsp3) is 0.0769. The summed E-state index contributed by atoms with van der Waals surface area (Å²) in [5, 5.41) is 10.5. The van der Waals surface area contributed by atoms with Crippen molar-refractivity contribution in [2.24, 2.45) is 0 Å². The van der Waals surface area contributed by atoms with Crippen LogP contribution in [0.3, 0.4) is 0 Å². The average molecular weight is 228 g/mol. The molecule has 17 heavy (non-hydrogen) atoms. The molecule has 1 radical (unpaired) electrons. The summed E-state index contributed by atoms with van der Waals surface area (Å²) in [5.74, 6) is 0.626. The van der Waals surface area contributed by atoms with Crippen LogP contribution in [0, 0.1) is 16.2 Å². The van der Waals surface area contributed by atoms with E-state index < -0.39 is 4.92 Å². The molecule has 2 rings (SSSR count). The molecule has 85 valence electrons. The Hall–Kier alpha value is -2.36. The van der Waals surface area contributed by atoms with E-state index in [1.807, 2.05) is 12.1 Å². The summed E-state index contributed by atoms with van der Waals surface area (Å²) in [6.07, 6.45) is 0. The molecule has 2 aromatic rings. The Morgan fingerprint density at radius 2 is 1.94 bits per heavy atom. The summed E-state index contributed by atoms with van der Waals surface area (Å²) in [6, 6.07) is 14.8. The fourth-order valence-corrected chi connectivity index (χ4v) is 1.58. The number of ether oxygens (including phenoxy) is 1. The Morgan fingerprint density at radius 1 is 1.24 bits per heavy atom. The van der Waals surface area contributed by atoms with Crippen LogP contribution in [0.4, 0.5) is 5.69 Å². The highest BCUT2D eigenvalue weighted by atomic mass is 16.6. The van der Waals surface area contributed by atoms with Crippen LogP contribution in [0.1, 0.15) is 0 Å². The molecule has 2 aromatic carbocycles. The molecule has 0 fully saturated rings. The quantitative estimate of drug-likeness (QED) is 0.599. The smallest absolute Gasteiger partial charge is 0.269 e. The van der Waals surface area contributed by atoms with Crippen molar-refractivity contribution in [2.75, 3.05) is 7.11 Å². The lowest BCUT2D eigenvalue weighted by molar-refractivity contribution is -0.384. The Morgan fingerprint density at radius 3 is 2.53 bits per heavy atom. The Bertz CT molecular complexity index is 535. The molecular formula is C13H10NO3. The minimum atomic E-state index is -0.419. The summed E-state index contributed by atoms with van der Waals surface area (Å²) in [6.45, 7) is 0. The van der Waals surface area contributed by atoms with Gasteiger partial charge in [-0.25, -0.2) is 0 Å². The van der Waals surface area contributed by atoms with Gasteiger partial charge in [-0.15, -0.1) is 0 Å². The van der Waals surface area contributed by atoms with Crippen molar-refractivity contribution in [1.29, 1.82) is 0 Å². The number of hydrogen-bond acceptors (Lipinski definition) is 3. The highest BCUT2D eigenvalue weighted by Gasteiger charge is 2.08. The van der Waals surface area contributed by atoms with Gasteiger partial charge in [0, 0.05) is 23.8 Å². The third-order valence-electron chi connectivity index (χ3n) is 2.41. The molecule has 4 heteroatoms. The normalized spacial score (nSPS) is 9.94. The van der Waals surface area contributed by atoms with Crippen LogP contribution in [0.2, 0.25) is 0 Å². The van der Waals surface area contributed by atoms with E-state index in [9.17, 15) is 10.1 Å². The zero-order valence-corrected chi connectivity index (χ0v) is 9.21. The van der Waals surface area contributed by atoms with Crippen molar-refractivity contribution in [2.45, 2.75) is 0 Å². The topological polar surface area (TPSA) is 52.4 Å². The number of non-ortho nitro benzene ring substituents is 1.